The third-order valence-electron chi connectivity index (χ3n) is 3.75. The van der Waals surface area contributed by atoms with Crippen LogP contribution in [0.1, 0.15) is 30.1 Å². The number of nitrogens with zero attached hydrogens (tertiary/aromatic N) is 1. The maximum Gasteiger partial charge on any atom is 0.311 e. The molecule has 1 saturated heterocycles. The van der Waals surface area contributed by atoms with Crippen LogP contribution in [0.4, 0.5) is 10.1 Å². The van der Waals surface area contributed by atoms with E-state index in [-0.39, 0.29) is 23.7 Å². The molecule has 0 spiro atoms. The van der Waals surface area contributed by atoms with Crippen LogP contribution in [0.5, 0.6) is 0 Å². The highest BCUT2D eigenvalue weighted by Crippen LogP contribution is 2.30. The SMILES string of the molecule is CC1(C(=O)O)CCCN(C(=O)c2ccc(N)c(F)c2)C1. The predicted molar refractivity (Wildman–Crippen MR) is 71.7 cm³/mol. The number of nitrogens with two attached hydrogens (primary N) is 1. The summed E-state index contributed by atoms with van der Waals surface area (Å²) in [5.41, 5.74) is 4.60. The molecule has 1 aromatic carbocycles. The maximum atomic E-state index is 13.4. The molecule has 1 heterocycles. The van der Waals surface area contributed by atoms with Gasteiger partial charge in [0.25, 0.3) is 5.91 Å². The number of nitrogen functional groups attached to an aromatic ring is 1. The summed E-state index contributed by atoms with van der Waals surface area (Å²) in [5, 5.41) is 9.23. The average Bonchev–Trinajstić information content (AvgIpc) is 2.41. The predicted octanol–water partition coefficient (Wildman–Crippen LogP) is 1.73. The summed E-state index contributed by atoms with van der Waals surface area (Å²) in [4.78, 5) is 25.0. The number of carbonyl (C=O) groups excluding carboxylic acids is 1. The van der Waals surface area contributed by atoms with Gasteiger partial charge in [-0.3, -0.25) is 9.59 Å². The zero-order chi connectivity index (χ0) is 14.9. The molecule has 6 heteroatoms. The minimum absolute atomic E-state index is 0.0180. The normalized spacial score (nSPS) is 22.6. The van der Waals surface area contributed by atoms with E-state index in [4.69, 9.17) is 5.73 Å². The third-order valence-corrected chi connectivity index (χ3v) is 3.75. The highest BCUT2D eigenvalue weighted by Gasteiger charge is 2.39. The molecular weight excluding hydrogens is 263 g/mol. The number of hydrogen-bond acceptors (Lipinski definition) is 3. The third kappa shape index (κ3) is 2.59. The van der Waals surface area contributed by atoms with E-state index in [1.807, 2.05) is 0 Å². The summed E-state index contributed by atoms with van der Waals surface area (Å²) in [6.07, 6.45) is 1.15. The molecule has 3 N–H and O–H groups in total. The van der Waals surface area contributed by atoms with Gasteiger partial charge in [-0.05, 0) is 38.0 Å². The Morgan fingerprint density at radius 3 is 2.75 bits per heavy atom. The lowest BCUT2D eigenvalue weighted by Crippen LogP contribution is -2.48. The fraction of sp³-hybridized carbons (Fsp3) is 0.429. The summed E-state index contributed by atoms with van der Waals surface area (Å²) in [5.74, 6) is -1.93. The maximum absolute atomic E-state index is 13.4. The van der Waals surface area contributed by atoms with E-state index >= 15 is 0 Å². The van der Waals surface area contributed by atoms with Crippen molar-refractivity contribution in [2.24, 2.45) is 5.41 Å². The average molecular weight is 280 g/mol. The summed E-state index contributed by atoms with van der Waals surface area (Å²) in [6.45, 7) is 2.24. The number of carbonyl (C=O) groups is 2. The molecule has 0 aromatic heterocycles. The number of aliphatic carboxylic acids is 1. The van der Waals surface area contributed by atoms with Crippen molar-refractivity contribution < 1.29 is 19.1 Å². The Kier molecular flexibility index (Phi) is 3.65. The van der Waals surface area contributed by atoms with Crippen molar-refractivity contribution >= 4 is 17.6 Å². The molecule has 5 nitrogen and oxygen atoms in total. The van der Waals surface area contributed by atoms with Crippen LogP contribution in [0.25, 0.3) is 0 Å². The van der Waals surface area contributed by atoms with Crippen LogP contribution in [0.15, 0.2) is 18.2 Å². The van der Waals surface area contributed by atoms with E-state index in [1.54, 1.807) is 6.92 Å². The zero-order valence-electron chi connectivity index (χ0n) is 11.2. The molecule has 1 aliphatic heterocycles. The molecule has 0 saturated carbocycles. The van der Waals surface area contributed by atoms with Crippen LogP contribution in [-0.4, -0.2) is 35.0 Å². The molecule has 20 heavy (non-hydrogen) atoms. The van der Waals surface area contributed by atoms with E-state index in [0.29, 0.717) is 19.4 Å². The number of amides is 1. The van der Waals surface area contributed by atoms with Crippen LogP contribution >= 0.6 is 0 Å². The van der Waals surface area contributed by atoms with Crippen molar-refractivity contribution in [3.8, 4) is 0 Å². The molecule has 1 fully saturated rings. The minimum Gasteiger partial charge on any atom is -0.481 e. The largest absolute Gasteiger partial charge is 0.481 e. The van der Waals surface area contributed by atoms with Gasteiger partial charge in [0.2, 0.25) is 0 Å². The molecule has 2 rings (SSSR count). The lowest BCUT2D eigenvalue weighted by atomic mass is 9.82. The van der Waals surface area contributed by atoms with E-state index in [0.717, 1.165) is 6.07 Å². The number of likely N-dealkylation sites (tertiary alicyclic amines) is 1. The van der Waals surface area contributed by atoms with Crippen molar-refractivity contribution in [3.63, 3.8) is 0 Å². The first-order chi connectivity index (χ1) is 9.33. The van der Waals surface area contributed by atoms with Gasteiger partial charge in [-0.2, -0.15) is 0 Å². The Morgan fingerprint density at radius 1 is 1.45 bits per heavy atom. The van der Waals surface area contributed by atoms with Crippen LogP contribution < -0.4 is 5.73 Å². The molecule has 0 radical (unpaired) electrons. The Balaban J connectivity index is 2.20. The fourth-order valence-electron chi connectivity index (χ4n) is 2.43. The van der Waals surface area contributed by atoms with Crippen molar-refractivity contribution in [2.45, 2.75) is 19.8 Å². The highest BCUT2D eigenvalue weighted by atomic mass is 19.1. The molecule has 1 unspecified atom stereocenters. The number of benzene rings is 1. The van der Waals surface area contributed by atoms with Crippen molar-refractivity contribution in [2.75, 3.05) is 18.8 Å². The molecule has 1 aliphatic rings. The zero-order valence-corrected chi connectivity index (χ0v) is 11.2. The van der Waals surface area contributed by atoms with E-state index in [2.05, 4.69) is 0 Å². The molecule has 108 valence electrons. The number of rotatable bonds is 2. The Hall–Kier alpha value is -2.11. The summed E-state index contributed by atoms with van der Waals surface area (Å²) in [6, 6.07) is 3.88. The van der Waals surface area contributed by atoms with Gasteiger partial charge in [-0.25, -0.2) is 4.39 Å². The molecule has 1 amide bonds. The van der Waals surface area contributed by atoms with Gasteiger partial charge in [-0.1, -0.05) is 0 Å². The quantitative estimate of drug-likeness (QED) is 0.808. The molecule has 0 aliphatic carbocycles. The van der Waals surface area contributed by atoms with Crippen molar-refractivity contribution in [1.29, 1.82) is 0 Å². The number of carboxylic acid groups (broad SMARTS) is 1. The van der Waals surface area contributed by atoms with Crippen molar-refractivity contribution in [3.05, 3.63) is 29.6 Å². The summed E-state index contributed by atoms with van der Waals surface area (Å²) >= 11 is 0. The first-order valence-electron chi connectivity index (χ1n) is 6.41. The Morgan fingerprint density at radius 2 is 2.15 bits per heavy atom. The van der Waals surface area contributed by atoms with Gasteiger partial charge < -0.3 is 15.7 Å². The van der Waals surface area contributed by atoms with Gasteiger partial charge >= 0.3 is 5.97 Å². The van der Waals surface area contributed by atoms with Gasteiger partial charge in [0, 0.05) is 18.7 Å². The summed E-state index contributed by atoms with van der Waals surface area (Å²) in [7, 11) is 0. The summed E-state index contributed by atoms with van der Waals surface area (Å²) < 4.78 is 13.4. The number of halogens is 1. The molecule has 1 atom stereocenters. The van der Waals surface area contributed by atoms with Gasteiger partial charge in [0.05, 0.1) is 11.1 Å². The van der Waals surface area contributed by atoms with Gasteiger partial charge in [0.15, 0.2) is 0 Å². The number of hydrogen-bond donors (Lipinski definition) is 2. The minimum atomic E-state index is -0.944. The Labute approximate surface area is 116 Å². The fourth-order valence-corrected chi connectivity index (χ4v) is 2.43. The van der Waals surface area contributed by atoms with Gasteiger partial charge in [0.1, 0.15) is 5.82 Å². The van der Waals surface area contributed by atoms with Gasteiger partial charge in [-0.15, -0.1) is 0 Å². The smallest absolute Gasteiger partial charge is 0.311 e. The standard InChI is InChI=1S/C14H17FN2O3/c1-14(13(19)20)5-2-6-17(8-14)12(18)9-3-4-11(16)10(15)7-9/h3-4,7H,2,5-6,8,16H2,1H3,(H,19,20). The lowest BCUT2D eigenvalue weighted by Gasteiger charge is -2.37. The number of carboxylic acids is 1. The second-order valence-electron chi connectivity index (χ2n) is 5.43. The van der Waals surface area contributed by atoms with E-state index < -0.39 is 17.2 Å². The van der Waals surface area contributed by atoms with Crippen LogP contribution in [-0.2, 0) is 4.79 Å². The van der Waals surface area contributed by atoms with Crippen LogP contribution in [0.2, 0.25) is 0 Å². The topological polar surface area (TPSA) is 83.6 Å². The first-order valence-corrected chi connectivity index (χ1v) is 6.41. The van der Waals surface area contributed by atoms with Crippen LogP contribution in [0, 0.1) is 11.2 Å². The molecule has 1 aromatic rings. The molecular formula is C14H17FN2O3. The monoisotopic (exact) mass is 280 g/mol. The van der Waals surface area contributed by atoms with E-state index in [9.17, 15) is 19.1 Å². The Bertz CT molecular complexity index is 561. The first kappa shape index (κ1) is 14.3. The number of piperidine rings is 1. The highest BCUT2D eigenvalue weighted by molar-refractivity contribution is 5.95. The van der Waals surface area contributed by atoms with Crippen LogP contribution in [0.3, 0.4) is 0 Å². The second kappa shape index (κ2) is 5.11. The van der Waals surface area contributed by atoms with Crippen molar-refractivity contribution in [1.82, 2.24) is 4.90 Å². The lowest BCUT2D eigenvalue weighted by molar-refractivity contribution is -0.150. The van der Waals surface area contributed by atoms with E-state index in [1.165, 1.54) is 17.0 Å². The molecule has 0 bridgehead atoms. The number of anilines is 1. The second-order valence-corrected chi connectivity index (χ2v) is 5.43.